The summed E-state index contributed by atoms with van der Waals surface area (Å²) in [7, 11) is -0.212. The Morgan fingerprint density at radius 3 is 1.75 bits per heavy atom. The third-order valence-corrected chi connectivity index (χ3v) is 2.84. The largest absolute Gasteiger partial charge is 0 e. The Morgan fingerprint density at radius 2 is 1.50 bits per heavy atom. The van der Waals surface area contributed by atoms with Gasteiger partial charge in [-0.15, -0.1) is 0 Å². The van der Waals surface area contributed by atoms with E-state index in [0.717, 1.165) is 0 Å². The van der Waals surface area contributed by atoms with Crippen molar-refractivity contribution in [3.05, 3.63) is 30.3 Å². The SMILES string of the molecule is C[Si](C)c1ccccc1.[Cu][I].[Li]. The molecule has 1 aromatic rings. The molecule has 0 aromatic heterocycles. The summed E-state index contributed by atoms with van der Waals surface area (Å²) in [6, 6.07) is 10.7. The molecule has 0 saturated carbocycles. The van der Waals surface area contributed by atoms with Crippen molar-refractivity contribution in [2.24, 2.45) is 0 Å². The van der Waals surface area contributed by atoms with E-state index in [2.05, 4.69) is 56.2 Å². The monoisotopic (exact) mass is 332 g/mol. The van der Waals surface area contributed by atoms with Crippen molar-refractivity contribution in [2.75, 3.05) is 0 Å². The predicted molar refractivity (Wildman–Crippen MR) is 63.3 cm³/mol. The zero-order valence-corrected chi connectivity index (χ0v) is 11.7. The molecule has 0 saturated heterocycles. The molecule has 1 aromatic carbocycles. The van der Waals surface area contributed by atoms with Gasteiger partial charge in [0.2, 0.25) is 0 Å². The van der Waals surface area contributed by atoms with Crippen LogP contribution in [0.2, 0.25) is 13.1 Å². The van der Waals surface area contributed by atoms with Crippen molar-refractivity contribution in [3.63, 3.8) is 0 Å². The van der Waals surface area contributed by atoms with Crippen LogP contribution >= 0.6 is 20.3 Å². The van der Waals surface area contributed by atoms with Crippen molar-refractivity contribution < 1.29 is 12.8 Å². The quantitative estimate of drug-likeness (QED) is 0.546. The molecule has 4 heteroatoms. The van der Waals surface area contributed by atoms with Crippen LogP contribution in [0.25, 0.3) is 0 Å². The first-order valence-corrected chi connectivity index (χ1v) is 8.81. The van der Waals surface area contributed by atoms with Gasteiger partial charge >= 0.3 is 33.1 Å². The van der Waals surface area contributed by atoms with E-state index in [0.29, 0.717) is 0 Å². The van der Waals surface area contributed by atoms with Crippen LogP contribution in [0.5, 0.6) is 0 Å². The molecule has 66 valence electrons. The van der Waals surface area contributed by atoms with Crippen LogP contribution < -0.4 is 5.19 Å². The van der Waals surface area contributed by atoms with Crippen LogP contribution in [-0.2, 0) is 12.8 Å². The third-order valence-electron chi connectivity index (χ3n) is 1.35. The van der Waals surface area contributed by atoms with Crippen molar-refractivity contribution in [3.8, 4) is 0 Å². The normalized spacial score (nSPS) is 8.17. The summed E-state index contributed by atoms with van der Waals surface area (Å²) >= 11 is 5.87. The topological polar surface area (TPSA) is 0 Å². The second-order valence-corrected chi connectivity index (χ2v) is 4.94. The molecule has 0 N–H and O–H groups in total. The molecular weight excluding hydrogens is 322 g/mol. The molecule has 12 heavy (non-hydrogen) atoms. The van der Waals surface area contributed by atoms with Gasteiger partial charge < -0.3 is 0 Å². The molecule has 0 nitrogen and oxygen atoms in total. The fourth-order valence-corrected chi connectivity index (χ4v) is 1.63. The number of benzene rings is 1. The minimum Gasteiger partial charge on any atom is 0 e. The summed E-state index contributed by atoms with van der Waals surface area (Å²) in [6.45, 7) is 4.61. The van der Waals surface area contributed by atoms with Crippen molar-refractivity contribution in [1.29, 1.82) is 0 Å². The van der Waals surface area contributed by atoms with Crippen LogP contribution in [0.3, 0.4) is 0 Å². The summed E-state index contributed by atoms with van der Waals surface area (Å²) in [5.41, 5.74) is 0. The molecular formula is C8H11CuILiSi. The summed E-state index contributed by atoms with van der Waals surface area (Å²) in [6.07, 6.45) is 0. The van der Waals surface area contributed by atoms with Crippen LogP contribution in [0.15, 0.2) is 30.3 Å². The van der Waals surface area contributed by atoms with E-state index in [1.807, 2.05) is 0 Å². The van der Waals surface area contributed by atoms with E-state index in [1.165, 1.54) is 5.19 Å². The average molecular weight is 333 g/mol. The van der Waals surface area contributed by atoms with Crippen molar-refractivity contribution >= 4 is 53.2 Å². The Morgan fingerprint density at radius 1 is 1.08 bits per heavy atom. The second-order valence-electron chi connectivity index (χ2n) is 2.37. The first kappa shape index (κ1) is 15.7. The minimum absolute atomic E-state index is 0. The van der Waals surface area contributed by atoms with Gasteiger partial charge in [-0.3, -0.25) is 0 Å². The van der Waals surface area contributed by atoms with Gasteiger partial charge in [0.1, 0.15) is 0 Å². The summed E-state index contributed by atoms with van der Waals surface area (Å²) in [4.78, 5) is 0. The smallest absolute Gasteiger partial charge is 0 e. The van der Waals surface area contributed by atoms with E-state index >= 15 is 0 Å². The fourth-order valence-electron chi connectivity index (χ4n) is 0.771. The van der Waals surface area contributed by atoms with Gasteiger partial charge in [0.15, 0.2) is 0 Å². The number of hydrogen-bond donors (Lipinski definition) is 0. The first-order chi connectivity index (χ1) is 5.30. The van der Waals surface area contributed by atoms with Crippen LogP contribution in [0, 0.1) is 0 Å². The molecule has 0 aliphatic carbocycles. The van der Waals surface area contributed by atoms with E-state index in [1.54, 1.807) is 20.3 Å². The molecule has 0 bridgehead atoms. The first-order valence-electron chi connectivity index (χ1n) is 3.27. The molecule has 0 atom stereocenters. The Kier molecular flexibility index (Phi) is 13.6. The van der Waals surface area contributed by atoms with E-state index in [-0.39, 0.29) is 27.7 Å². The Labute approximate surface area is 108 Å². The fraction of sp³-hybridized carbons (Fsp3) is 0.250. The van der Waals surface area contributed by atoms with E-state index in [4.69, 9.17) is 0 Å². The van der Waals surface area contributed by atoms with E-state index in [9.17, 15) is 0 Å². The van der Waals surface area contributed by atoms with Crippen molar-refractivity contribution in [1.82, 2.24) is 0 Å². The number of rotatable bonds is 1. The zero-order valence-electron chi connectivity index (χ0n) is 7.57. The maximum absolute atomic E-state index is 4.16. The minimum atomic E-state index is -0.212. The molecule has 1 rings (SSSR count). The van der Waals surface area contributed by atoms with Gasteiger partial charge in [0.25, 0.3) is 0 Å². The number of hydrogen-bond acceptors (Lipinski definition) is 0. The molecule has 0 amide bonds. The standard InChI is InChI=1S/C8H11Si.Cu.HI.Li/c1-9(2)8-6-4-3-5-7-8;;;/h3-7H,1-2H3;;1H;/q;+1;;/p-1. The van der Waals surface area contributed by atoms with E-state index < -0.39 is 0 Å². The van der Waals surface area contributed by atoms with Crippen molar-refractivity contribution in [2.45, 2.75) is 13.1 Å². The maximum Gasteiger partial charge on any atom is 0 e. The van der Waals surface area contributed by atoms with Gasteiger partial charge in [-0.1, -0.05) is 48.6 Å². The molecule has 0 spiro atoms. The third kappa shape index (κ3) is 6.76. The van der Waals surface area contributed by atoms with Gasteiger partial charge in [0.05, 0.1) is 8.80 Å². The molecule has 0 fully saturated rings. The molecule has 0 unspecified atom stereocenters. The Balaban J connectivity index is 0. The van der Waals surface area contributed by atoms with Gasteiger partial charge in [0, 0.05) is 18.9 Å². The maximum atomic E-state index is 4.16. The van der Waals surface area contributed by atoms with Gasteiger partial charge in [-0.05, 0) is 0 Å². The van der Waals surface area contributed by atoms with Crippen LogP contribution in [0.1, 0.15) is 0 Å². The Bertz CT molecular complexity index is 182. The summed E-state index contributed by atoms with van der Waals surface area (Å²) < 4.78 is 0. The Hall–Kier alpha value is 1.28. The molecule has 0 aliphatic rings. The predicted octanol–water partition coefficient (Wildman–Crippen LogP) is 2.15. The summed E-state index contributed by atoms with van der Waals surface area (Å²) in [5, 5.41) is 1.52. The zero-order chi connectivity index (χ0) is 8.69. The van der Waals surface area contributed by atoms with Crippen LogP contribution in [-0.4, -0.2) is 27.7 Å². The average Bonchev–Trinajstić information content (AvgIpc) is 2.10. The summed E-state index contributed by atoms with van der Waals surface area (Å²) in [5.74, 6) is 0. The second kappa shape index (κ2) is 10.4. The van der Waals surface area contributed by atoms with Gasteiger partial charge in [-0.2, -0.15) is 0 Å². The molecule has 0 heterocycles. The van der Waals surface area contributed by atoms with Gasteiger partial charge in [-0.25, -0.2) is 0 Å². The molecule has 0 aliphatic heterocycles. The number of halogens is 1. The van der Waals surface area contributed by atoms with Crippen LogP contribution in [0.4, 0.5) is 0 Å². The molecule has 2 radical (unpaired) electrons.